The van der Waals surface area contributed by atoms with E-state index in [-0.39, 0.29) is 0 Å². The molecule has 22 heavy (non-hydrogen) atoms. The van der Waals surface area contributed by atoms with Crippen molar-refractivity contribution in [2.75, 3.05) is 0 Å². The Bertz CT molecular complexity index is 794. The van der Waals surface area contributed by atoms with Gasteiger partial charge in [-0.05, 0) is 47.7 Å². The van der Waals surface area contributed by atoms with Crippen molar-refractivity contribution in [1.29, 1.82) is 0 Å². The van der Waals surface area contributed by atoms with Crippen LogP contribution in [-0.2, 0) is 5.88 Å². The first kappa shape index (κ1) is 14.8. The molecular formula is C20H18ClN. The monoisotopic (exact) mass is 307 g/mol. The first-order chi connectivity index (χ1) is 10.7. The van der Waals surface area contributed by atoms with E-state index in [1.165, 1.54) is 27.8 Å². The van der Waals surface area contributed by atoms with Crippen LogP contribution < -0.4 is 0 Å². The van der Waals surface area contributed by atoms with Gasteiger partial charge in [0, 0.05) is 11.8 Å². The molecule has 2 heteroatoms. The second kappa shape index (κ2) is 6.33. The number of hydrogen-bond acceptors (Lipinski definition) is 1. The molecule has 0 bridgehead atoms. The summed E-state index contributed by atoms with van der Waals surface area (Å²) in [5.74, 6) is 0.421. The third-order valence-electron chi connectivity index (χ3n) is 4.04. The Labute approximate surface area is 136 Å². The van der Waals surface area contributed by atoms with Crippen LogP contribution >= 0.6 is 11.6 Å². The highest BCUT2D eigenvalue weighted by Gasteiger charge is 2.14. The lowest BCUT2D eigenvalue weighted by Crippen LogP contribution is -1.96. The molecule has 110 valence electrons. The van der Waals surface area contributed by atoms with Crippen LogP contribution in [0.1, 0.15) is 16.8 Å². The van der Waals surface area contributed by atoms with E-state index in [1.807, 2.05) is 12.1 Å². The maximum atomic E-state index is 6.08. The van der Waals surface area contributed by atoms with Gasteiger partial charge in [-0.2, -0.15) is 0 Å². The Morgan fingerprint density at radius 2 is 1.64 bits per heavy atom. The SMILES string of the molecule is Cc1ccc(-c2ccccc2)c(C)c1-c1cccnc1CCl. The molecule has 1 aromatic heterocycles. The van der Waals surface area contributed by atoms with Crippen LogP contribution in [0, 0.1) is 13.8 Å². The summed E-state index contributed by atoms with van der Waals surface area (Å²) >= 11 is 6.08. The van der Waals surface area contributed by atoms with Crippen molar-refractivity contribution in [3.8, 4) is 22.3 Å². The molecule has 2 aromatic carbocycles. The van der Waals surface area contributed by atoms with E-state index in [4.69, 9.17) is 11.6 Å². The predicted octanol–water partition coefficient (Wildman–Crippen LogP) is 5.77. The van der Waals surface area contributed by atoms with Gasteiger partial charge in [0.2, 0.25) is 0 Å². The van der Waals surface area contributed by atoms with E-state index < -0.39 is 0 Å². The summed E-state index contributed by atoms with van der Waals surface area (Å²) in [6.07, 6.45) is 1.80. The van der Waals surface area contributed by atoms with Gasteiger partial charge in [0.1, 0.15) is 0 Å². The summed E-state index contributed by atoms with van der Waals surface area (Å²) < 4.78 is 0. The van der Waals surface area contributed by atoms with Gasteiger partial charge >= 0.3 is 0 Å². The molecule has 0 aliphatic carbocycles. The third kappa shape index (κ3) is 2.65. The number of halogens is 1. The topological polar surface area (TPSA) is 12.9 Å². The first-order valence-corrected chi connectivity index (χ1v) is 7.91. The summed E-state index contributed by atoms with van der Waals surface area (Å²) in [5.41, 5.74) is 8.31. The molecule has 0 aliphatic rings. The minimum absolute atomic E-state index is 0.421. The minimum atomic E-state index is 0.421. The molecule has 0 aliphatic heterocycles. The predicted molar refractivity (Wildman–Crippen MR) is 94.1 cm³/mol. The fourth-order valence-electron chi connectivity index (χ4n) is 2.96. The Kier molecular flexibility index (Phi) is 4.26. The highest BCUT2D eigenvalue weighted by atomic mass is 35.5. The highest BCUT2D eigenvalue weighted by Crippen LogP contribution is 2.35. The zero-order valence-corrected chi connectivity index (χ0v) is 13.6. The van der Waals surface area contributed by atoms with Gasteiger partial charge in [-0.1, -0.05) is 48.5 Å². The standard InChI is InChI=1S/C20H18ClN/c1-14-10-11-17(16-7-4-3-5-8-16)15(2)20(14)18-9-6-12-22-19(18)13-21/h3-12H,13H2,1-2H3. The Balaban J connectivity index is 2.25. The fourth-order valence-corrected chi connectivity index (χ4v) is 3.18. The lowest BCUT2D eigenvalue weighted by Gasteiger charge is -2.16. The van der Waals surface area contributed by atoms with Crippen molar-refractivity contribution in [1.82, 2.24) is 4.98 Å². The zero-order chi connectivity index (χ0) is 15.5. The van der Waals surface area contributed by atoms with Crippen molar-refractivity contribution in [3.63, 3.8) is 0 Å². The van der Waals surface area contributed by atoms with Crippen molar-refractivity contribution < 1.29 is 0 Å². The van der Waals surface area contributed by atoms with Crippen molar-refractivity contribution >= 4 is 11.6 Å². The number of aromatic nitrogens is 1. The lowest BCUT2D eigenvalue weighted by atomic mass is 9.89. The van der Waals surface area contributed by atoms with Gasteiger partial charge in [-0.15, -0.1) is 11.6 Å². The summed E-state index contributed by atoms with van der Waals surface area (Å²) in [4.78, 5) is 4.43. The molecule has 0 saturated carbocycles. The van der Waals surface area contributed by atoms with E-state index in [1.54, 1.807) is 6.20 Å². The van der Waals surface area contributed by atoms with E-state index in [9.17, 15) is 0 Å². The molecule has 0 atom stereocenters. The molecule has 1 heterocycles. The van der Waals surface area contributed by atoms with E-state index >= 15 is 0 Å². The minimum Gasteiger partial charge on any atom is -0.259 e. The molecule has 0 radical (unpaired) electrons. The van der Waals surface area contributed by atoms with Crippen LogP contribution in [0.4, 0.5) is 0 Å². The van der Waals surface area contributed by atoms with E-state index in [0.29, 0.717) is 5.88 Å². The molecule has 3 rings (SSSR count). The van der Waals surface area contributed by atoms with Gasteiger partial charge in [-0.3, -0.25) is 4.98 Å². The van der Waals surface area contributed by atoms with Crippen LogP contribution in [0.25, 0.3) is 22.3 Å². The summed E-state index contributed by atoms with van der Waals surface area (Å²) in [6.45, 7) is 4.32. The molecule has 1 nitrogen and oxygen atoms in total. The summed E-state index contributed by atoms with van der Waals surface area (Å²) in [7, 11) is 0. The van der Waals surface area contributed by atoms with Crippen molar-refractivity contribution in [2.45, 2.75) is 19.7 Å². The maximum Gasteiger partial charge on any atom is 0.0653 e. The van der Waals surface area contributed by atoms with Crippen LogP contribution in [-0.4, -0.2) is 4.98 Å². The second-order valence-electron chi connectivity index (χ2n) is 5.43. The molecular weight excluding hydrogens is 290 g/mol. The number of pyridine rings is 1. The third-order valence-corrected chi connectivity index (χ3v) is 4.30. The molecule has 0 amide bonds. The van der Waals surface area contributed by atoms with E-state index in [0.717, 1.165) is 11.3 Å². The summed E-state index contributed by atoms with van der Waals surface area (Å²) in [5, 5.41) is 0. The van der Waals surface area contributed by atoms with Crippen molar-refractivity contribution in [2.24, 2.45) is 0 Å². The number of aryl methyl sites for hydroxylation is 1. The normalized spacial score (nSPS) is 10.7. The molecule has 0 N–H and O–H groups in total. The maximum absolute atomic E-state index is 6.08. The van der Waals surface area contributed by atoms with Crippen LogP contribution in [0.5, 0.6) is 0 Å². The van der Waals surface area contributed by atoms with Crippen molar-refractivity contribution in [3.05, 3.63) is 77.6 Å². The number of rotatable bonds is 3. The Morgan fingerprint density at radius 3 is 2.36 bits per heavy atom. The Hall–Kier alpha value is -2.12. The molecule has 0 spiro atoms. The number of alkyl halides is 1. The van der Waals surface area contributed by atoms with Gasteiger partial charge in [0.25, 0.3) is 0 Å². The zero-order valence-electron chi connectivity index (χ0n) is 12.8. The van der Waals surface area contributed by atoms with Gasteiger partial charge in [-0.25, -0.2) is 0 Å². The van der Waals surface area contributed by atoms with Crippen LogP contribution in [0.2, 0.25) is 0 Å². The van der Waals surface area contributed by atoms with Gasteiger partial charge < -0.3 is 0 Å². The van der Waals surface area contributed by atoms with Gasteiger partial charge in [0.05, 0.1) is 11.6 Å². The van der Waals surface area contributed by atoms with E-state index in [2.05, 4.69) is 61.3 Å². The number of benzene rings is 2. The van der Waals surface area contributed by atoms with Gasteiger partial charge in [0.15, 0.2) is 0 Å². The average Bonchev–Trinajstić information content (AvgIpc) is 2.56. The lowest BCUT2D eigenvalue weighted by molar-refractivity contribution is 1.17. The van der Waals surface area contributed by atoms with Crippen LogP contribution in [0.3, 0.4) is 0 Å². The molecule has 0 saturated heterocycles. The highest BCUT2D eigenvalue weighted by molar-refractivity contribution is 6.17. The smallest absolute Gasteiger partial charge is 0.0653 e. The molecule has 0 fully saturated rings. The molecule has 3 aromatic rings. The number of nitrogens with zero attached hydrogens (tertiary/aromatic N) is 1. The number of hydrogen-bond donors (Lipinski definition) is 0. The molecule has 0 unspecified atom stereocenters. The summed E-state index contributed by atoms with van der Waals surface area (Å²) in [6, 6.07) is 18.9. The largest absolute Gasteiger partial charge is 0.259 e. The fraction of sp³-hybridized carbons (Fsp3) is 0.150. The quantitative estimate of drug-likeness (QED) is 0.560. The second-order valence-corrected chi connectivity index (χ2v) is 5.69. The average molecular weight is 308 g/mol. The van der Waals surface area contributed by atoms with Crippen LogP contribution in [0.15, 0.2) is 60.8 Å². The first-order valence-electron chi connectivity index (χ1n) is 7.38. The Morgan fingerprint density at radius 1 is 0.864 bits per heavy atom.